The van der Waals surface area contributed by atoms with Crippen LogP contribution in [0.5, 0.6) is 5.75 Å². The highest BCUT2D eigenvalue weighted by Gasteiger charge is 2.22. The maximum absolute atomic E-state index is 11.0. The average molecular weight is 307 g/mol. The molecule has 1 aromatic carbocycles. The minimum atomic E-state index is -0.682. The van der Waals surface area contributed by atoms with Crippen molar-refractivity contribution in [3.63, 3.8) is 0 Å². The lowest BCUT2D eigenvalue weighted by atomic mass is 10.1. The summed E-state index contributed by atoms with van der Waals surface area (Å²) >= 11 is 1.83. The molecule has 0 amide bonds. The number of carbonyl (C=O) groups excluding carboxylic acids is 1. The molecular weight excluding hydrogens is 301 g/mol. The van der Waals surface area contributed by atoms with Gasteiger partial charge in [0.2, 0.25) is 0 Å². The molecule has 0 spiro atoms. The van der Waals surface area contributed by atoms with Gasteiger partial charge in [0.25, 0.3) is 5.69 Å². The topological polar surface area (TPSA) is 80.4 Å². The predicted octanol–water partition coefficient (Wildman–Crippen LogP) is 2.11. The second kappa shape index (κ2) is 3.91. The van der Waals surface area contributed by atoms with Crippen molar-refractivity contribution in [2.75, 3.05) is 0 Å². The van der Waals surface area contributed by atoms with Gasteiger partial charge in [0.1, 0.15) is 11.3 Å². The summed E-state index contributed by atoms with van der Waals surface area (Å²) in [6, 6.07) is 2.56. The van der Waals surface area contributed by atoms with Crippen LogP contribution in [0.4, 0.5) is 5.69 Å². The van der Waals surface area contributed by atoms with Crippen molar-refractivity contribution in [3.05, 3.63) is 31.4 Å². The fourth-order valence-corrected chi connectivity index (χ4v) is 1.67. The number of halogens is 1. The van der Waals surface area contributed by atoms with Crippen LogP contribution < -0.4 is 0 Å². The van der Waals surface area contributed by atoms with E-state index in [0.29, 0.717) is 3.57 Å². The van der Waals surface area contributed by atoms with E-state index in [-0.39, 0.29) is 17.0 Å². The molecule has 0 heterocycles. The molecule has 0 aliphatic rings. The van der Waals surface area contributed by atoms with E-state index < -0.39 is 10.7 Å². The molecule has 0 atom stereocenters. The Morgan fingerprint density at radius 1 is 1.57 bits per heavy atom. The number of carbonyl (C=O) groups is 1. The van der Waals surface area contributed by atoms with E-state index in [1.54, 1.807) is 0 Å². The van der Waals surface area contributed by atoms with Crippen molar-refractivity contribution in [2.45, 2.75) is 6.92 Å². The predicted molar refractivity (Wildman–Crippen MR) is 57.5 cm³/mol. The number of ketones is 1. The van der Waals surface area contributed by atoms with Crippen LogP contribution in [0.2, 0.25) is 0 Å². The molecule has 74 valence electrons. The Kier molecular flexibility index (Phi) is 3.04. The van der Waals surface area contributed by atoms with E-state index >= 15 is 0 Å². The monoisotopic (exact) mass is 307 g/mol. The van der Waals surface area contributed by atoms with E-state index in [2.05, 4.69) is 0 Å². The Morgan fingerprint density at radius 2 is 2.14 bits per heavy atom. The highest BCUT2D eigenvalue weighted by atomic mass is 127. The summed E-state index contributed by atoms with van der Waals surface area (Å²) in [5.74, 6) is -0.873. The number of nitrogens with zero attached hydrogens (tertiary/aromatic N) is 1. The van der Waals surface area contributed by atoms with E-state index in [1.165, 1.54) is 19.1 Å². The zero-order valence-corrected chi connectivity index (χ0v) is 9.31. The third-order valence-corrected chi connectivity index (χ3v) is 2.23. The molecule has 0 saturated heterocycles. The first-order valence-corrected chi connectivity index (χ1v) is 4.69. The molecule has 0 radical (unpaired) electrons. The van der Waals surface area contributed by atoms with Gasteiger partial charge in [-0.2, -0.15) is 0 Å². The summed E-state index contributed by atoms with van der Waals surface area (Å²) in [7, 11) is 0. The summed E-state index contributed by atoms with van der Waals surface area (Å²) in [6.07, 6.45) is 0. The van der Waals surface area contributed by atoms with Gasteiger partial charge in [-0.05, 0) is 35.6 Å². The summed E-state index contributed by atoms with van der Waals surface area (Å²) < 4.78 is 0.511. The van der Waals surface area contributed by atoms with Crippen molar-refractivity contribution >= 4 is 34.1 Å². The third-order valence-electron chi connectivity index (χ3n) is 1.61. The molecule has 1 aromatic rings. The number of Topliss-reactive ketones (excluding diaryl/α,β-unsaturated/α-hetero) is 1. The van der Waals surface area contributed by atoms with Crippen molar-refractivity contribution < 1.29 is 14.8 Å². The van der Waals surface area contributed by atoms with Crippen molar-refractivity contribution in [1.29, 1.82) is 0 Å². The third kappa shape index (κ3) is 2.00. The van der Waals surface area contributed by atoms with Gasteiger partial charge < -0.3 is 5.11 Å². The van der Waals surface area contributed by atoms with Gasteiger partial charge in [-0.15, -0.1) is 0 Å². The number of phenols is 1. The van der Waals surface area contributed by atoms with E-state index in [0.717, 1.165) is 0 Å². The number of nitro benzene ring substituents is 1. The standard InChI is InChI=1S/C8H6INO4/c1-4(11)8-6(10(13)14)2-5(9)3-7(8)12/h2-3,12H,1H3. The van der Waals surface area contributed by atoms with Gasteiger partial charge >= 0.3 is 0 Å². The lowest BCUT2D eigenvalue weighted by Gasteiger charge is -2.02. The second-order valence-corrected chi connectivity index (χ2v) is 3.88. The molecule has 0 aliphatic heterocycles. The number of benzene rings is 1. The number of phenolic OH excluding ortho intramolecular Hbond substituents is 1. The molecule has 1 N–H and O–H groups in total. The smallest absolute Gasteiger partial charge is 0.284 e. The van der Waals surface area contributed by atoms with Crippen molar-refractivity contribution in [3.8, 4) is 5.75 Å². The van der Waals surface area contributed by atoms with Crippen LogP contribution in [0.1, 0.15) is 17.3 Å². The largest absolute Gasteiger partial charge is 0.507 e. The average Bonchev–Trinajstić information content (AvgIpc) is 2.01. The fraction of sp³-hybridized carbons (Fsp3) is 0.125. The molecule has 0 aromatic heterocycles. The van der Waals surface area contributed by atoms with Crippen LogP contribution in [0, 0.1) is 13.7 Å². The van der Waals surface area contributed by atoms with E-state index in [9.17, 15) is 20.0 Å². The van der Waals surface area contributed by atoms with Crippen LogP contribution in [-0.4, -0.2) is 15.8 Å². The van der Waals surface area contributed by atoms with Gasteiger partial charge in [0, 0.05) is 9.64 Å². The lowest BCUT2D eigenvalue weighted by molar-refractivity contribution is -0.385. The number of aromatic hydroxyl groups is 1. The molecule has 0 aliphatic carbocycles. The quantitative estimate of drug-likeness (QED) is 0.393. The fourth-order valence-electron chi connectivity index (χ4n) is 1.08. The Morgan fingerprint density at radius 3 is 2.57 bits per heavy atom. The van der Waals surface area contributed by atoms with Gasteiger partial charge in [0.05, 0.1) is 4.92 Å². The number of hydrogen-bond donors (Lipinski definition) is 1. The second-order valence-electron chi connectivity index (χ2n) is 2.63. The van der Waals surface area contributed by atoms with Crippen LogP contribution in [-0.2, 0) is 0 Å². The SMILES string of the molecule is CC(=O)c1c(O)cc(I)cc1[N+](=O)[O-]. The first kappa shape index (κ1) is 10.9. The summed E-state index contributed by atoms with van der Waals surface area (Å²) in [4.78, 5) is 20.9. The zero-order valence-electron chi connectivity index (χ0n) is 7.15. The van der Waals surface area contributed by atoms with E-state index in [4.69, 9.17) is 0 Å². The van der Waals surface area contributed by atoms with Crippen LogP contribution in [0.3, 0.4) is 0 Å². The van der Waals surface area contributed by atoms with Gasteiger partial charge in [-0.3, -0.25) is 14.9 Å². The lowest BCUT2D eigenvalue weighted by Crippen LogP contribution is -2.01. The van der Waals surface area contributed by atoms with Gasteiger partial charge in [-0.25, -0.2) is 0 Å². The number of hydrogen-bond acceptors (Lipinski definition) is 4. The van der Waals surface area contributed by atoms with Crippen LogP contribution >= 0.6 is 22.6 Å². The summed E-state index contributed by atoms with van der Waals surface area (Å²) in [5.41, 5.74) is -0.600. The molecule has 14 heavy (non-hydrogen) atoms. The minimum Gasteiger partial charge on any atom is -0.507 e. The first-order chi connectivity index (χ1) is 6.43. The number of rotatable bonds is 2. The van der Waals surface area contributed by atoms with Crippen molar-refractivity contribution in [2.24, 2.45) is 0 Å². The highest BCUT2D eigenvalue weighted by Crippen LogP contribution is 2.30. The van der Waals surface area contributed by atoms with Crippen molar-refractivity contribution in [1.82, 2.24) is 0 Å². The van der Waals surface area contributed by atoms with E-state index in [1.807, 2.05) is 22.6 Å². The normalized spacial score (nSPS) is 9.86. The molecule has 5 nitrogen and oxygen atoms in total. The molecule has 6 heteroatoms. The highest BCUT2D eigenvalue weighted by molar-refractivity contribution is 14.1. The maximum Gasteiger partial charge on any atom is 0.284 e. The zero-order chi connectivity index (χ0) is 10.9. The molecule has 0 saturated carbocycles. The van der Waals surface area contributed by atoms with Gasteiger partial charge in [0.15, 0.2) is 5.78 Å². The summed E-state index contributed by atoms with van der Waals surface area (Å²) in [6.45, 7) is 1.18. The Hall–Kier alpha value is -1.18. The first-order valence-electron chi connectivity index (χ1n) is 3.61. The molecular formula is C8H6INO4. The van der Waals surface area contributed by atoms with Gasteiger partial charge in [-0.1, -0.05) is 0 Å². The molecule has 0 fully saturated rings. The Labute approximate surface area is 93.0 Å². The van der Waals surface area contributed by atoms with Crippen LogP contribution in [0.25, 0.3) is 0 Å². The molecule has 1 rings (SSSR count). The molecule has 0 unspecified atom stereocenters. The minimum absolute atomic E-state index is 0.240. The Balaban J connectivity index is 3.52. The number of nitro groups is 1. The Bertz CT molecular complexity index is 416. The van der Waals surface area contributed by atoms with Crippen LogP contribution in [0.15, 0.2) is 12.1 Å². The molecule has 0 bridgehead atoms. The summed E-state index contributed by atoms with van der Waals surface area (Å²) in [5, 5.41) is 19.9. The maximum atomic E-state index is 11.0.